The van der Waals surface area contributed by atoms with E-state index in [9.17, 15) is 9.59 Å². The molecule has 35 heavy (non-hydrogen) atoms. The molecule has 170 valence electrons. The molecule has 0 saturated carbocycles. The summed E-state index contributed by atoms with van der Waals surface area (Å²) in [5, 5.41) is 4.22. The topological polar surface area (TPSA) is 76.9 Å². The minimum Gasteiger partial charge on any atom is -0.350 e. The average molecular weight is 459 g/mol. The summed E-state index contributed by atoms with van der Waals surface area (Å²) >= 11 is 0. The van der Waals surface area contributed by atoms with Crippen LogP contribution in [-0.2, 0) is 0 Å². The second-order valence-corrected chi connectivity index (χ2v) is 8.46. The van der Waals surface area contributed by atoms with Crippen molar-refractivity contribution in [1.82, 2.24) is 19.9 Å². The number of para-hydroxylation sites is 1. The number of nitrogens with zero attached hydrogens (tertiary/aromatic N) is 3. The van der Waals surface area contributed by atoms with Crippen molar-refractivity contribution in [3.63, 3.8) is 0 Å². The first-order chi connectivity index (χ1) is 17.0. The highest BCUT2D eigenvalue weighted by Gasteiger charge is 2.17. The minimum absolute atomic E-state index is 0.0675. The van der Waals surface area contributed by atoms with Gasteiger partial charge < -0.3 is 9.88 Å². The van der Waals surface area contributed by atoms with Gasteiger partial charge in [-0.2, -0.15) is 0 Å². The molecule has 3 heterocycles. The average Bonchev–Trinajstić information content (AvgIpc) is 2.87. The lowest BCUT2D eigenvalue weighted by Crippen LogP contribution is -2.34. The van der Waals surface area contributed by atoms with Gasteiger partial charge in [-0.05, 0) is 56.3 Å². The highest BCUT2D eigenvalue weighted by molar-refractivity contribution is 5.97. The number of hydrogen-bond acceptors (Lipinski definition) is 4. The molecule has 2 aromatic carbocycles. The van der Waals surface area contributed by atoms with E-state index in [0.29, 0.717) is 11.0 Å². The number of rotatable bonds is 3. The van der Waals surface area contributed by atoms with Crippen LogP contribution in [0.15, 0.2) is 90.1 Å². The molecule has 0 fully saturated rings. The fraction of sp³-hybridized carbons (Fsp3) is 0.103. The molecule has 0 spiro atoms. The summed E-state index contributed by atoms with van der Waals surface area (Å²) in [7, 11) is 0. The predicted molar refractivity (Wildman–Crippen MR) is 138 cm³/mol. The van der Waals surface area contributed by atoms with Crippen molar-refractivity contribution in [3.05, 3.63) is 112 Å². The van der Waals surface area contributed by atoms with Crippen molar-refractivity contribution in [2.24, 2.45) is 0 Å². The molecule has 0 aliphatic carbocycles. The van der Waals surface area contributed by atoms with E-state index >= 15 is 0 Å². The van der Waals surface area contributed by atoms with E-state index in [2.05, 4.69) is 27.1 Å². The Hall–Kier alpha value is -4.76. The zero-order chi connectivity index (χ0) is 24.4. The van der Waals surface area contributed by atoms with E-state index in [4.69, 9.17) is 0 Å². The highest BCUT2D eigenvalue weighted by Crippen LogP contribution is 2.18. The smallest absolute Gasteiger partial charge is 0.256 e. The molecule has 1 amide bonds. The third-order valence-electron chi connectivity index (χ3n) is 5.49. The zero-order valence-electron chi connectivity index (χ0n) is 19.3. The third-order valence-corrected chi connectivity index (χ3v) is 5.49. The quantitative estimate of drug-likeness (QED) is 0.405. The van der Waals surface area contributed by atoms with Crippen molar-refractivity contribution in [1.29, 1.82) is 0 Å². The Labute approximate surface area is 202 Å². The molecule has 0 bridgehead atoms. The summed E-state index contributed by atoms with van der Waals surface area (Å²) in [5.74, 6) is 5.96. The lowest BCUT2D eigenvalue weighted by molar-refractivity contribution is 0.0941. The second kappa shape index (κ2) is 9.24. The molecule has 0 saturated heterocycles. The van der Waals surface area contributed by atoms with Crippen LogP contribution < -0.4 is 10.7 Å². The van der Waals surface area contributed by atoms with E-state index in [0.717, 1.165) is 27.7 Å². The zero-order valence-corrected chi connectivity index (χ0v) is 19.3. The van der Waals surface area contributed by atoms with Crippen molar-refractivity contribution in [3.8, 4) is 17.5 Å². The minimum atomic E-state index is -0.413. The SMILES string of the molecule is CC(C)NC(=O)c1cn(-c2cccc(C#Cc3cnc4ccccc4c3)c2)c2ncccc2c1=O. The Bertz CT molecular complexity index is 1710. The molecule has 6 nitrogen and oxygen atoms in total. The van der Waals surface area contributed by atoms with Crippen LogP contribution in [-0.4, -0.2) is 26.5 Å². The summed E-state index contributed by atoms with van der Waals surface area (Å²) in [6.07, 6.45) is 4.94. The molecular weight excluding hydrogens is 436 g/mol. The van der Waals surface area contributed by atoms with Crippen molar-refractivity contribution >= 4 is 27.8 Å². The van der Waals surface area contributed by atoms with Crippen LogP contribution in [0.1, 0.15) is 35.3 Å². The molecule has 5 aromatic rings. The van der Waals surface area contributed by atoms with Gasteiger partial charge in [0.25, 0.3) is 5.91 Å². The molecule has 0 unspecified atom stereocenters. The molecule has 6 heteroatoms. The van der Waals surface area contributed by atoms with Crippen LogP contribution in [0.25, 0.3) is 27.6 Å². The molecule has 0 radical (unpaired) electrons. The van der Waals surface area contributed by atoms with Gasteiger partial charge in [0.2, 0.25) is 5.43 Å². The maximum Gasteiger partial charge on any atom is 0.256 e. The Morgan fingerprint density at radius 1 is 0.943 bits per heavy atom. The van der Waals surface area contributed by atoms with Gasteiger partial charge >= 0.3 is 0 Å². The van der Waals surface area contributed by atoms with Gasteiger partial charge in [-0.1, -0.05) is 36.1 Å². The van der Waals surface area contributed by atoms with Gasteiger partial charge in [0.1, 0.15) is 11.2 Å². The lowest BCUT2D eigenvalue weighted by Gasteiger charge is -2.14. The van der Waals surface area contributed by atoms with Gasteiger partial charge in [-0.3, -0.25) is 14.6 Å². The monoisotopic (exact) mass is 458 g/mol. The fourth-order valence-electron chi connectivity index (χ4n) is 3.88. The lowest BCUT2D eigenvalue weighted by atomic mass is 10.1. The molecule has 0 aliphatic heterocycles. The standard InChI is InChI=1S/C29H22N4O2/c1-19(2)32-29(35)25-18-33(28-24(27(25)34)10-6-14-30-28)23-9-5-7-20(16-23)12-13-21-15-22-8-3-4-11-26(22)31-17-21/h3-11,14-19H,1-2H3,(H,32,35). The maximum absolute atomic E-state index is 13.0. The van der Waals surface area contributed by atoms with E-state index in [1.165, 1.54) is 0 Å². The van der Waals surface area contributed by atoms with Crippen LogP contribution in [0.4, 0.5) is 0 Å². The van der Waals surface area contributed by atoms with Crippen LogP contribution in [0.3, 0.4) is 0 Å². The molecule has 5 rings (SSSR count). The second-order valence-electron chi connectivity index (χ2n) is 8.46. The Kier molecular flexibility index (Phi) is 5.82. The number of hydrogen-bond donors (Lipinski definition) is 1. The number of nitrogens with one attached hydrogen (secondary N) is 1. The first-order valence-corrected chi connectivity index (χ1v) is 11.3. The summed E-state index contributed by atoms with van der Waals surface area (Å²) < 4.78 is 1.76. The number of carbonyl (C=O) groups excluding carboxylic acids is 1. The van der Waals surface area contributed by atoms with E-state index in [-0.39, 0.29) is 17.0 Å². The van der Waals surface area contributed by atoms with Crippen LogP contribution in [0.5, 0.6) is 0 Å². The summed E-state index contributed by atoms with van der Waals surface area (Å²) in [4.78, 5) is 34.6. The Morgan fingerprint density at radius 3 is 2.63 bits per heavy atom. The van der Waals surface area contributed by atoms with Crippen molar-refractivity contribution < 1.29 is 4.79 Å². The van der Waals surface area contributed by atoms with Gasteiger partial charge in [0, 0.05) is 46.8 Å². The van der Waals surface area contributed by atoms with E-state index in [1.54, 1.807) is 35.3 Å². The Balaban J connectivity index is 1.58. The van der Waals surface area contributed by atoms with E-state index < -0.39 is 5.91 Å². The largest absolute Gasteiger partial charge is 0.350 e. The van der Waals surface area contributed by atoms with E-state index in [1.807, 2.05) is 68.4 Å². The van der Waals surface area contributed by atoms with Crippen LogP contribution in [0, 0.1) is 11.8 Å². The molecule has 1 N–H and O–H groups in total. The van der Waals surface area contributed by atoms with Crippen LogP contribution >= 0.6 is 0 Å². The number of fused-ring (bicyclic) bond motifs is 2. The van der Waals surface area contributed by atoms with Gasteiger partial charge in [-0.25, -0.2) is 4.98 Å². The van der Waals surface area contributed by atoms with Crippen LogP contribution in [0.2, 0.25) is 0 Å². The van der Waals surface area contributed by atoms with Crippen molar-refractivity contribution in [2.45, 2.75) is 19.9 Å². The third kappa shape index (κ3) is 4.53. The van der Waals surface area contributed by atoms with Crippen molar-refractivity contribution in [2.75, 3.05) is 0 Å². The highest BCUT2D eigenvalue weighted by atomic mass is 16.2. The number of carbonyl (C=O) groups is 1. The summed E-state index contributed by atoms with van der Waals surface area (Å²) in [5.41, 5.74) is 3.47. The summed E-state index contributed by atoms with van der Waals surface area (Å²) in [6, 6.07) is 20.8. The first kappa shape index (κ1) is 22.1. The van der Waals surface area contributed by atoms with Gasteiger partial charge in [-0.15, -0.1) is 0 Å². The fourth-order valence-corrected chi connectivity index (χ4v) is 3.88. The first-order valence-electron chi connectivity index (χ1n) is 11.3. The summed E-state index contributed by atoms with van der Waals surface area (Å²) in [6.45, 7) is 3.71. The maximum atomic E-state index is 13.0. The molecular formula is C29H22N4O2. The van der Waals surface area contributed by atoms with Gasteiger partial charge in [0.15, 0.2) is 0 Å². The molecule has 0 atom stereocenters. The Morgan fingerprint density at radius 2 is 1.77 bits per heavy atom. The van der Waals surface area contributed by atoms with Gasteiger partial charge in [0.05, 0.1) is 10.9 Å². The number of amides is 1. The number of pyridine rings is 3. The predicted octanol–water partition coefficient (Wildman–Crippen LogP) is 4.47. The molecule has 0 aliphatic rings. The number of aromatic nitrogens is 3. The molecule has 3 aromatic heterocycles. The number of benzene rings is 2. The normalized spacial score (nSPS) is 10.8.